The summed E-state index contributed by atoms with van der Waals surface area (Å²) >= 11 is 0. The Balaban J connectivity index is 2.06. The molecule has 3 rings (SSSR count). The van der Waals surface area contributed by atoms with Crippen LogP contribution in [0.3, 0.4) is 0 Å². The van der Waals surface area contributed by atoms with E-state index < -0.39 is 44.2 Å². The summed E-state index contributed by atoms with van der Waals surface area (Å²) in [7, 11) is -2.85. The van der Waals surface area contributed by atoms with E-state index in [1.54, 1.807) is 18.2 Å². The smallest absolute Gasteiger partial charge is 0.330 e. The second-order valence-electron chi connectivity index (χ2n) is 7.09. The number of aryl methyl sites for hydroxylation is 1. The third kappa shape index (κ3) is 5.15. The topological polar surface area (TPSA) is 97.3 Å². The quantitative estimate of drug-likeness (QED) is 0.568. The van der Waals surface area contributed by atoms with Gasteiger partial charge >= 0.3 is 6.18 Å². The Labute approximate surface area is 187 Å². The minimum absolute atomic E-state index is 0.0792. The monoisotopic (exact) mass is 479 g/mol. The highest BCUT2D eigenvalue weighted by atomic mass is 32.2. The number of carbonyl (C=O) groups is 1. The molecule has 33 heavy (non-hydrogen) atoms. The maximum atomic E-state index is 13.1. The molecule has 11 heteroatoms. The van der Waals surface area contributed by atoms with Crippen molar-refractivity contribution in [3.05, 3.63) is 99.5 Å². The van der Waals surface area contributed by atoms with Crippen molar-refractivity contribution >= 4 is 15.9 Å². The summed E-state index contributed by atoms with van der Waals surface area (Å²) in [5.74, 6) is -0.992. The number of benzene rings is 2. The lowest BCUT2D eigenvalue weighted by Gasteiger charge is -2.19. The van der Waals surface area contributed by atoms with Crippen molar-refractivity contribution in [3.8, 4) is 5.69 Å². The molecular weight excluding hydrogens is 459 g/mol. The van der Waals surface area contributed by atoms with Gasteiger partial charge in [0.1, 0.15) is 5.56 Å². The third-order valence-corrected chi connectivity index (χ3v) is 6.49. The van der Waals surface area contributed by atoms with Gasteiger partial charge in [-0.3, -0.25) is 14.2 Å². The van der Waals surface area contributed by atoms with Crippen LogP contribution in [0, 0.1) is 6.92 Å². The lowest BCUT2D eigenvalue weighted by molar-refractivity contribution is -0.137. The lowest BCUT2D eigenvalue weighted by Crippen LogP contribution is -2.41. The van der Waals surface area contributed by atoms with E-state index in [4.69, 9.17) is 0 Å². The summed E-state index contributed by atoms with van der Waals surface area (Å²) < 4.78 is 67.5. The molecule has 1 aromatic heterocycles. The van der Waals surface area contributed by atoms with Crippen molar-refractivity contribution in [2.45, 2.75) is 18.5 Å². The van der Waals surface area contributed by atoms with Gasteiger partial charge in [-0.05, 0) is 49.9 Å². The van der Waals surface area contributed by atoms with Crippen LogP contribution in [0.25, 0.3) is 5.69 Å². The summed E-state index contributed by atoms with van der Waals surface area (Å²) in [6.45, 7) is 1.50. The fourth-order valence-electron chi connectivity index (χ4n) is 3.23. The van der Waals surface area contributed by atoms with Crippen LogP contribution >= 0.6 is 0 Å². The molecular formula is C22H20F3N3O4S. The van der Waals surface area contributed by atoms with E-state index in [2.05, 4.69) is 10.0 Å². The zero-order chi connectivity index (χ0) is 24.4. The zero-order valence-corrected chi connectivity index (χ0v) is 18.4. The number of amides is 1. The van der Waals surface area contributed by atoms with Gasteiger partial charge in [0.05, 0.1) is 5.56 Å². The van der Waals surface area contributed by atoms with Gasteiger partial charge in [0.15, 0.2) is 5.37 Å². The Hall–Kier alpha value is -3.44. The molecule has 174 valence electrons. The van der Waals surface area contributed by atoms with Crippen LogP contribution in [0.2, 0.25) is 0 Å². The SMILES string of the molecule is CNS(=O)(=O)C(NC(=O)c1ccc(C)n(-c2cccc(C(F)(F)F)c2)c1=O)c1ccccc1. The molecule has 0 radical (unpaired) electrons. The van der Waals surface area contributed by atoms with Gasteiger partial charge in [-0.1, -0.05) is 36.4 Å². The molecule has 0 fully saturated rings. The molecule has 0 saturated heterocycles. The molecule has 7 nitrogen and oxygen atoms in total. The number of nitrogens with one attached hydrogen (secondary N) is 2. The van der Waals surface area contributed by atoms with Gasteiger partial charge in [0, 0.05) is 11.4 Å². The second-order valence-corrected chi connectivity index (χ2v) is 9.06. The fourth-order valence-corrected chi connectivity index (χ4v) is 4.24. The van der Waals surface area contributed by atoms with Crippen molar-refractivity contribution in [3.63, 3.8) is 0 Å². The normalized spacial score (nSPS) is 12.9. The molecule has 1 amide bonds. The van der Waals surface area contributed by atoms with Crippen LogP contribution in [0.15, 0.2) is 71.5 Å². The van der Waals surface area contributed by atoms with Crippen LogP contribution in [0.5, 0.6) is 0 Å². The molecule has 0 bridgehead atoms. The number of aromatic nitrogens is 1. The standard InChI is InChI=1S/C22H20F3N3O4S/c1-14-11-12-18(21(30)28(14)17-10-6-9-16(13-17)22(23,24)25)19(29)27-20(33(31,32)26-2)15-7-4-3-5-8-15/h3-13,20,26H,1-2H3,(H,27,29). The highest BCUT2D eigenvalue weighted by Gasteiger charge is 2.31. The number of nitrogens with zero attached hydrogens (tertiary/aromatic N) is 1. The van der Waals surface area contributed by atoms with Crippen LogP contribution in [-0.2, 0) is 16.2 Å². The van der Waals surface area contributed by atoms with E-state index in [0.29, 0.717) is 5.69 Å². The van der Waals surface area contributed by atoms with Gasteiger partial charge in [-0.15, -0.1) is 0 Å². The minimum atomic E-state index is -4.62. The summed E-state index contributed by atoms with van der Waals surface area (Å²) in [4.78, 5) is 26.0. The molecule has 1 heterocycles. The third-order valence-electron chi connectivity index (χ3n) is 4.91. The summed E-state index contributed by atoms with van der Waals surface area (Å²) in [5.41, 5.74) is -1.80. The Morgan fingerprint density at radius 2 is 1.67 bits per heavy atom. The lowest BCUT2D eigenvalue weighted by atomic mass is 10.1. The van der Waals surface area contributed by atoms with Gasteiger partial charge in [-0.2, -0.15) is 13.2 Å². The predicted molar refractivity (Wildman–Crippen MR) is 116 cm³/mol. The first-order chi connectivity index (χ1) is 15.5. The van der Waals surface area contributed by atoms with Crippen molar-refractivity contribution in [2.24, 2.45) is 0 Å². The average Bonchev–Trinajstić information content (AvgIpc) is 2.77. The van der Waals surface area contributed by atoms with E-state index >= 15 is 0 Å². The molecule has 1 unspecified atom stereocenters. The Morgan fingerprint density at radius 3 is 2.27 bits per heavy atom. The summed E-state index contributed by atoms with van der Waals surface area (Å²) in [6.07, 6.45) is -4.62. The number of halogens is 3. The molecule has 3 aromatic rings. The first kappa shape index (κ1) is 24.2. The first-order valence-corrected chi connectivity index (χ1v) is 11.2. The fraction of sp³-hybridized carbons (Fsp3) is 0.182. The molecule has 1 atom stereocenters. The van der Waals surface area contributed by atoms with Crippen LogP contribution in [0.1, 0.15) is 32.6 Å². The Bertz CT molecular complexity index is 1340. The van der Waals surface area contributed by atoms with E-state index in [-0.39, 0.29) is 11.3 Å². The number of carbonyl (C=O) groups excluding carboxylic acids is 1. The van der Waals surface area contributed by atoms with Crippen LogP contribution in [-0.4, -0.2) is 25.9 Å². The Kier molecular flexibility index (Phi) is 6.75. The molecule has 2 aromatic carbocycles. The summed E-state index contributed by atoms with van der Waals surface area (Å²) in [6, 6.07) is 14.6. The molecule has 0 aliphatic carbocycles. The van der Waals surface area contributed by atoms with Crippen molar-refractivity contribution < 1.29 is 26.4 Å². The molecule has 0 aliphatic heterocycles. The number of rotatable bonds is 6. The Morgan fingerprint density at radius 1 is 1.00 bits per heavy atom. The largest absolute Gasteiger partial charge is 0.416 e. The highest BCUT2D eigenvalue weighted by molar-refractivity contribution is 7.89. The number of sulfonamides is 1. The minimum Gasteiger partial charge on any atom is -0.330 e. The highest BCUT2D eigenvalue weighted by Crippen LogP contribution is 2.30. The van der Waals surface area contributed by atoms with Crippen LogP contribution in [0.4, 0.5) is 13.2 Å². The van der Waals surface area contributed by atoms with E-state index in [1.165, 1.54) is 44.3 Å². The average molecular weight is 479 g/mol. The zero-order valence-electron chi connectivity index (χ0n) is 17.6. The number of hydrogen-bond donors (Lipinski definition) is 2. The molecule has 2 N–H and O–H groups in total. The number of hydrogen-bond acceptors (Lipinski definition) is 4. The van der Waals surface area contributed by atoms with Crippen LogP contribution < -0.4 is 15.6 Å². The molecule has 0 aliphatic rings. The van der Waals surface area contributed by atoms with Gasteiger partial charge < -0.3 is 5.32 Å². The van der Waals surface area contributed by atoms with E-state index in [9.17, 15) is 31.2 Å². The second kappa shape index (κ2) is 9.20. The molecule has 0 spiro atoms. The predicted octanol–water partition coefficient (Wildman–Crippen LogP) is 3.14. The van der Waals surface area contributed by atoms with Crippen molar-refractivity contribution in [1.82, 2.24) is 14.6 Å². The van der Waals surface area contributed by atoms with Crippen molar-refractivity contribution in [1.29, 1.82) is 0 Å². The summed E-state index contributed by atoms with van der Waals surface area (Å²) in [5, 5.41) is 0.832. The van der Waals surface area contributed by atoms with E-state index in [1.807, 2.05) is 0 Å². The number of pyridine rings is 1. The van der Waals surface area contributed by atoms with Crippen molar-refractivity contribution in [2.75, 3.05) is 7.05 Å². The van der Waals surface area contributed by atoms with Gasteiger partial charge in [-0.25, -0.2) is 13.1 Å². The maximum Gasteiger partial charge on any atom is 0.416 e. The number of alkyl halides is 3. The van der Waals surface area contributed by atoms with E-state index in [0.717, 1.165) is 22.8 Å². The molecule has 0 saturated carbocycles. The van der Waals surface area contributed by atoms with Gasteiger partial charge in [0.25, 0.3) is 11.5 Å². The maximum absolute atomic E-state index is 13.1. The van der Waals surface area contributed by atoms with Gasteiger partial charge in [0.2, 0.25) is 10.0 Å². The first-order valence-electron chi connectivity index (χ1n) is 9.64.